The molecule has 3 fully saturated rings. The molecule has 2 bridgehead atoms. The molecule has 3 aliphatic carbocycles. The van der Waals surface area contributed by atoms with E-state index in [9.17, 15) is 14.7 Å². The molecule has 242 valence electrons. The summed E-state index contributed by atoms with van der Waals surface area (Å²) in [5.41, 5.74) is 3.38. The van der Waals surface area contributed by atoms with E-state index >= 15 is 0 Å². The Morgan fingerprint density at radius 2 is 1.87 bits per heavy atom. The van der Waals surface area contributed by atoms with Gasteiger partial charge in [0, 0.05) is 54.4 Å². The highest BCUT2D eigenvalue weighted by Crippen LogP contribution is 2.64. The highest BCUT2D eigenvalue weighted by atomic mass is 16.5. The van der Waals surface area contributed by atoms with Crippen molar-refractivity contribution in [2.45, 2.75) is 114 Å². The van der Waals surface area contributed by atoms with Crippen molar-refractivity contribution in [2.24, 2.45) is 11.8 Å². The Balaban J connectivity index is 1.12. The Kier molecular flexibility index (Phi) is 8.68. The molecule has 2 aliphatic heterocycles. The van der Waals surface area contributed by atoms with E-state index < -0.39 is 0 Å². The number of piperidine rings is 1. The van der Waals surface area contributed by atoms with Crippen LogP contribution in [0.5, 0.6) is 11.5 Å². The van der Waals surface area contributed by atoms with Gasteiger partial charge in [0.2, 0.25) is 5.91 Å². The van der Waals surface area contributed by atoms with E-state index in [1.54, 1.807) is 7.11 Å². The van der Waals surface area contributed by atoms with E-state index in [1.165, 1.54) is 11.1 Å². The number of carbonyl (C=O) groups is 2. The zero-order chi connectivity index (χ0) is 31.1. The van der Waals surface area contributed by atoms with Gasteiger partial charge in [-0.3, -0.25) is 14.5 Å². The van der Waals surface area contributed by atoms with Crippen molar-refractivity contribution >= 4 is 11.7 Å². The number of hydrogen-bond acceptors (Lipinski definition) is 6. The molecule has 1 amide bonds. The number of ketones is 1. The molecule has 7 atom stereocenters. The summed E-state index contributed by atoms with van der Waals surface area (Å²) in [6.45, 7) is 4.96. The Morgan fingerprint density at radius 1 is 1.07 bits per heavy atom. The van der Waals surface area contributed by atoms with E-state index in [-0.39, 0.29) is 35.4 Å². The third kappa shape index (κ3) is 5.48. The standard InChI is InChI=1S/C38H50N2O5/c1-3-4-10-20-40(34(43)14-9-8-13-31(41)25-11-6-5-7-12-25)29-17-16-28-30-22-26-15-18-33(44-2)36-35(26)38(28,37(29)45-36)19-21-39(30)24-27-23-32(27)42/h5-7,11-12,15,18,27-30,32,37,42H,3-4,8-10,13-14,16-17,19-24H2,1-2H3/t27?,28-,29+,30+,32?,37-,38-/m0/s1. The van der Waals surface area contributed by atoms with E-state index in [0.717, 1.165) is 101 Å². The molecule has 2 unspecified atom stereocenters. The number of unbranched alkanes of at least 4 members (excludes halogenated alkanes) is 3. The minimum Gasteiger partial charge on any atom is -0.493 e. The average Bonchev–Trinajstić information content (AvgIpc) is 3.64. The normalized spacial score (nSPS) is 30.7. The van der Waals surface area contributed by atoms with E-state index in [1.807, 2.05) is 30.3 Å². The maximum Gasteiger partial charge on any atom is 0.222 e. The predicted octanol–water partition coefficient (Wildman–Crippen LogP) is 5.95. The van der Waals surface area contributed by atoms with E-state index in [4.69, 9.17) is 9.47 Å². The highest BCUT2D eigenvalue weighted by Gasteiger charge is 2.67. The minimum absolute atomic E-state index is 0.0251. The third-order valence-electron chi connectivity index (χ3n) is 11.8. The van der Waals surface area contributed by atoms with Gasteiger partial charge >= 0.3 is 0 Å². The van der Waals surface area contributed by atoms with Gasteiger partial charge in [-0.2, -0.15) is 0 Å². The van der Waals surface area contributed by atoms with E-state index in [2.05, 4.69) is 28.9 Å². The van der Waals surface area contributed by atoms with Crippen LogP contribution in [0.1, 0.15) is 99.0 Å². The molecule has 1 saturated heterocycles. The van der Waals surface area contributed by atoms with Crippen LogP contribution in [0.25, 0.3) is 0 Å². The first-order valence-corrected chi connectivity index (χ1v) is 17.6. The fourth-order valence-corrected chi connectivity index (χ4v) is 9.50. The van der Waals surface area contributed by atoms with Crippen LogP contribution in [0.4, 0.5) is 0 Å². The number of ether oxygens (including phenoxy) is 2. The molecule has 1 spiro atoms. The average molecular weight is 615 g/mol. The van der Waals surface area contributed by atoms with E-state index in [0.29, 0.717) is 30.7 Å². The summed E-state index contributed by atoms with van der Waals surface area (Å²) in [7, 11) is 1.73. The zero-order valence-corrected chi connectivity index (χ0v) is 27.1. The van der Waals surface area contributed by atoms with Crippen molar-refractivity contribution in [1.29, 1.82) is 0 Å². The van der Waals surface area contributed by atoms with Crippen molar-refractivity contribution in [1.82, 2.24) is 9.80 Å². The molecule has 7 nitrogen and oxygen atoms in total. The Bertz CT molecular complexity index is 1400. The number of aliphatic hydroxyl groups excluding tert-OH is 1. The fraction of sp³-hybridized carbons (Fsp3) is 0.632. The SMILES string of the molecule is CCCCCN(C(=O)CCCCC(=O)c1ccccc1)[C@@H]1CC[C@H]2[C@H]3Cc4ccc(OC)c5c4[C@@]2(CCN3CC2CC2O)[C@H]1O5. The van der Waals surface area contributed by atoms with Crippen molar-refractivity contribution in [3.8, 4) is 11.5 Å². The smallest absolute Gasteiger partial charge is 0.222 e. The number of rotatable bonds is 14. The number of aliphatic hydroxyl groups is 1. The van der Waals surface area contributed by atoms with Crippen molar-refractivity contribution in [2.75, 3.05) is 26.7 Å². The summed E-state index contributed by atoms with van der Waals surface area (Å²) in [6.07, 6.45) is 10.4. The predicted molar refractivity (Wildman–Crippen MR) is 174 cm³/mol. The first kappa shape index (κ1) is 30.7. The van der Waals surface area contributed by atoms with Crippen LogP contribution >= 0.6 is 0 Å². The van der Waals surface area contributed by atoms with Gasteiger partial charge in [-0.1, -0.05) is 56.2 Å². The van der Waals surface area contributed by atoms with Gasteiger partial charge in [-0.15, -0.1) is 0 Å². The summed E-state index contributed by atoms with van der Waals surface area (Å²) in [5, 5.41) is 10.2. The number of likely N-dealkylation sites (tertiary alicyclic amines) is 1. The Morgan fingerprint density at radius 3 is 2.62 bits per heavy atom. The second-order valence-electron chi connectivity index (χ2n) is 14.3. The molecule has 5 aliphatic rings. The lowest BCUT2D eigenvalue weighted by Crippen LogP contribution is -2.69. The van der Waals surface area contributed by atoms with Crippen LogP contribution in [0.15, 0.2) is 42.5 Å². The van der Waals surface area contributed by atoms with Gasteiger partial charge in [0.25, 0.3) is 0 Å². The number of carbonyl (C=O) groups excluding carboxylic acids is 2. The first-order chi connectivity index (χ1) is 22.0. The van der Waals surface area contributed by atoms with Gasteiger partial charge in [0.15, 0.2) is 17.3 Å². The molecule has 2 aromatic rings. The van der Waals surface area contributed by atoms with Gasteiger partial charge in [-0.25, -0.2) is 0 Å². The Labute approximate surface area is 268 Å². The van der Waals surface area contributed by atoms with Crippen LogP contribution < -0.4 is 9.47 Å². The topological polar surface area (TPSA) is 79.3 Å². The fourth-order valence-electron chi connectivity index (χ4n) is 9.50. The molecule has 1 N–H and O–H groups in total. The van der Waals surface area contributed by atoms with Crippen LogP contribution in [-0.2, 0) is 16.6 Å². The summed E-state index contributed by atoms with van der Waals surface area (Å²) in [5.74, 6) is 2.97. The molecule has 2 aromatic carbocycles. The molecule has 7 heteroatoms. The second-order valence-corrected chi connectivity index (χ2v) is 14.3. The lowest BCUT2D eigenvalue weighted by Gasteiger charge is -2.60. The molecule has 45 heavy (non-hydrogen) atoms. The largest absolute Gasteiger partial charge is 0.493 e. The molecule has 7 rings (SSSR count). The lowest BCUT2D eigenvalue weighted by molar-refractivity contribution is -0.143. The summed E-state index contributed by atoms with van der Waals surface area (Å²) in [4.78, 5) is 31.6. The molecule has 2 saturated carbocycles. The number of amides is 1. The quantitative estimate of drug-likeness (QED) is 0.210. The van der Waals surface area contributed by atoms with Crippen LogP contribution in [-0.4, -0.2) is 77.6 Å². The first-order valence-electron chi connectivity index (χ1n) is 17.6. The summed E-state index contributed by atoms with van der Waals surface area (Å²) >= 11 is 0. The highest BCUT2D eigenvalue weighted by molar-refractivity contribution is 5.95. The maximum atomic E-state index is 14.1. The third-order valence-corrected chi connectivity index (χ3v) is 11.8. The number of Topliss-reactive ketones (excluding diaryl/α,β-unsaturated/α-hetero) is 1. The van der Waals surface area contributed by atoms with Gasteiger partial charge in [-0.05, 0) is 75.5 Å². The van der Waals surface area contributed by atoms with Crippen LogP contribution in [0, 0.1) is 11.8 Å². The van der Waals surface area contributed by atoms with Gasteiger partial charge < -0.3 is 19.5 Å². The van der Waals surface area contributed by atoms with Crippen molar-refractivity contribution in [3.63, 3.8) is 0 Å². The summed E-state index contributed by atoms with van der Waals surface area (Å²) < 4.78 is 13.0. The molecular weight excluding hydrogens is 564 g/mol. The Hall–Kier alpha value is -2.90. The van der Waals surface area contributed by atoms with Gasteiger partial charge in [0.1, 0.15) is 6.10 Å². The lowest BCUT2D eigenvalue weighted by atomic mass is 9.51. The zero-order valence-electron chi connectivity index (χ0n) is 27.1. The molecule has 0 aromatic heterocycles. The maximum absolute atomic E-state index is 14.1. The van der Waals surface area contributed by atoms with Crippen LogP contribution in [0.3, 0.4) is 0 Å². The van der Waals surface area contributed by atoms with Crippen LogP contribution in [0.2, 0.25) is 0 Å². The number of benzene rings is 2. The number of hydrogen-bond donors (Lipinski definition) is 1. The summed E-state index contributed by atoms with van der Waals surface area (Å²) in [6, 6.07) is 14.3. The van der Waals surface area contributed by atoms with Gasteiger partial charge in [0.05, 0.1) is 19.3 Å². The number of nitrogens with zero attached hydrogens (tertiary/aromatic N) is 2. The molecule has 2 heterocycles. The van der Waals surface area contributed by atoms with Crippen molar-refractivity contribution in [3.05, 3.63) is 59.2 Å². The number of methoxy groups -OCH3 is 1. The molecule has 0 radical (unpaired) electrons. The monoisotopic (exact) mass is 614 g/mol. The molecular formula is C38H50N2O5. The minimum atomic E-state index is -0.134. The second kappa shape index (κ2) is 12.7. The van der Waals surface area contributed by atoms with Crippen molar-refractivity contribution < 1.29 is 24.2 Å².